The largest absolute Gasteiger partial charge is 0.497 e. The van der Waals surface area contributed by atoms with Gasteiger partial charge >= 0.3 is 0 Å². The van der Waals surface area contributed by atoms with Gasteiger partial charge in [-0.15, -0.1) is 0 Å². The summed E-state index contributed by atoms with van der Waals surface area (Å²) >= 11 is 0. The molecule has 4 nitrogen and oxygen atoms in total. The van der Waals surface area contributed by atoms with Gasteiger partial charge in [-0.2, -0.15) is 0 Å². The molecule has 1 heterocycles. The number of carbonyl (C=O) groups excluding carboxylic acids is 1. The maximum atomic E-state index is 13.3. The highest BCUT2D eigenvalue weighted by Crippen LogP contribution is 2.37. The standard InChI is InChI=1S/C20H30N2O2/c1-24-17-11-9-15(10-12-17)19-8-3-2-4-13-22(19)20(23)18-7-5-6-16(18)14-21/h9-12,16,18-19H,2-8,13-14,21H2,1H3/t16-,18-,19?/m1/s1. The minimum atomic E-state index is 0.133. The second-order valence-corrected chi connectivity index (χ2v) is 7.20. The first-order chi connectivity index (χ1) is 11.7. The molecule has 0 aromatic heterocycles. The second kappa shape index (κ2) is 8.02. The summed E-state index contributed by atoms with van der Waals surface area (Å²) in [5.41, 5.74) is 7.15. The number of nitrogens with zero attached hydrogens (tertiary/aromatic N) is 1. The van der Waals surface area contributed by atoms with Crippen molar-refractivity contribution in [2.75, 3.05) is 20.2 Å². The van der Waals surface area contributed by atoms with Gasteiger partial charge in [-0.25, -0.2) is 0 Å². The number of nitrogens with two attached hydrogens (primary N) is 1. The number of rotatable bonds is 4. The number of likely N-dealkylation sites (tertiary alicyclic amines) is 1. The van der Waals surface area contributed by atoms with Gasteiger partial charge in [0.1, 0.15) is 5.75 Å². The van der Waals surface area contributed by atoms with Crippen molar-refractivity contribution in [2.45, 2.75) is 51.0 Å². The Morgan fingerprint density at radius 2 is 1.92 bits per heavy atom. The first-order valence-corrected chi connectivity index (χ1v) is 9.39. The van der Waals surface area contributed by atoms with Crippen molar-refractivity contribution in [3.8, 4) is 5.75 Å². The molecule has 0 radical (unpaired) electrons. The molecule has 0 spiro atoms. The van der Waals surface area contributed by atoms with E-state index in [4.69, 9.17) is 10.5 Å². The lowest BCUT2D eigenvalue weighted by atomic mass is 9.92. The molecule has 1 amide bonds. The van der Waals surface area contributed by atoms with Crippen molar-refractivity contribution in [3.05, 3.63) is 29.8 Å². The predicted octanol–water partition coefficient (Wildman–Crippen LogP) is 3.51. The van der Waals surface area contributed by atoms with Crippen molar-refractivity contribution in [3.63, 3.8) is 0 Å². The average molecular weight is 330 g/mol. The van der Waals surface area contributed by atoms with E-state index in [1.807, 2.05) is 12.1 Å². The molecule has 1 unspecified atom stereocenters. The number of benzene rings is 1. The molecule has 1 aliphatic carbocycles. The molecular weight excluding hydrogens is 300 g/mol. The second-order valence-electron chi connectivity index (χ2n) is 7.20. The first kappa shape index (κ1) is 17.3. The molecule has 2 fully saturated rings. The fourth-order valence-corrected chi connectivity index (χ4v) is 4.40. The molecule has 1 saturated heterocycles. The van der Waals surface area contributed by atoms with Gasteiger partial charge in [-0.05, 0) is 55.8 Å². The lowest BCUT2D eigenvalue weighted by Crippen LogP contribution is -2.41. The quantitative estimate of drug-likeness (QED) is 0.919. The SMILES string of the molecule is COc1ccc(C2CCCCCN2C(=O)[C@@H]2CCC[C@@H]2CN)cc1. The summed E-state index contributed by atoms with van der Waals surface area (Å²) in [6.45, 7) is 1.51. The van der Waals surface area contributed by atoms with Gasteiger partial charge < -0.3 is 15.4 Å². The highest BCUT2D eigenvalue weighted by Gasteiger charge is 2.37. The van der Waals surface area contributed by atoms with Crippen molar-refractivity contribution >= 4 is 5.91 Å². The molecule has 24 heavy (non-hydrogen) atoms. The number of ether oxygens (including phenoxy) is 1. The van der Waals surface area contributed by atoms with Gasteiger partial charge in [-0.1, -0.05) is 31.4 Å². The summed E-state index contributed by atoms with van der Waals surface area (Å²) in [6, 6.07) is 8.43. The van der Waals surface area contributed by atoms with E-state index in [0.717, 1.165) is 44.4 Å². The van der Waals surface area contributed by atoms with Crippen LogP contribution in [0.1, 0.15) is 56.6 Å². The molecule has 1 aromatic rings. The molecule has 1 aromatic carbocycles. The van der Waals surface area contributed by atoms with Crippen LogP contribution in [-0.2, 0) is 4.79 Å². The molecule has 0 bridgehead atoms. The van der Waals surface area contributed by atoms with Crippen LogP contribution in [-0.4, -0.2) is 31.0 Å². The smallest absolute Gasteiger partial charge is 0.226 e. The number of hydrogen-bond acceptors (Lipinski definition) is 3. The highest BCUT2D eigenvalue weighted by atomic mass is 16.5. The van der Waals surface area contributed by atoms with Crippen molar-refractivity contribution < 1.29 is 9.53 Å². The van der Waals surface area contributed by atoms with Crippen LogP contribution in [0.15, 0.2) is 24.3 Å². The van der Waals surface area contributed by atoms with E-state index >= 15 is 0 Å². The maximum absolute atomic E-state index is 13.3. The van der Waals surface area contributed by atoms with Gasteiger partial charge in [0.2, 0.25) is 5.91 Å². The molecular formula is C20H30N2O2. The number of amides is 1. The van der Waals surface area contributed by atoms with Crippen LogP contribution in [0.3, 0.4) is 0 Å². The number of hydrogen-bond donors (Lipinski definition) is 1. The Kier molecular flexibility index (Phi) is 5.77. The molecule has 3 rings (SSSR count). The Labute approximate surface area is 145 Å². The normalized spacial score (nSPS) is 27.8. The molecule has 2 aliphatic rings. The molecule has 132 valence electrons. The van der Waals surface area contributed by atoms with E-state index in [-0.39, 0.29) is 12.0 Å². The maximum Gasteiger partial charge on any atom is 0.226 e. The Morgan fingerprint density at radius 1 is 1.12 bits per heavy atom. The Balaban J connectivity index is 1.82. The molecule has 2 N–H and O–H groups in total. The summed E-state index contributed by atoms with van der Waals surface area (Å²) in [5, 5.41) is 0. The minimum absolute atomic E-state index is 0.133. The topological polar surface area (TPSA) is 55.6 Å². The van der Waals surface area contributed by atoms with Crippen LogP contribution in [0.5, 0.6) is 5.75 Å². The summed E-state index contributed by atoms with van der Waals surface area (Å²) < 4.78 is 5.27. The molecule has 3 atom stereocenters. The Hall–Kier alpha value is -1.55. The van der Waals surface area contributed by atoms with Gasteiger partial charge in [0.15, 0.2) is 0 Å². The van der Waals surface area contributed by atoms with Crippen LogP contribution in [0.25, 0.3) is 0 Å². The van der Waals surface area contributed by atoms with Crippen LogP contribution in [0, 0.1) is 11.8 Å². The zero-order valence-electron chi connectivity index (χ0n) is 14.7. The summed E-state index contributed by atoms with van der Waals surface area (Å²) in [4.78, 5) is 15.4. The third-order valence-corrected chi connectivity index (χ3v) is 5.82. The summed E-state index contributed by atoms with van der Waals surface area (Å²) in [7, 11) is 1.68. The minimum Gasteiger partial charge on any atom is -0.497 e. The Morgan fingerprint density at radius 3 is 2.62 bits per heavy atom. The molecule has 4 heteroatoms. The van der Waals surface area contributed by atoms with Crippen molar-refractivity contribution in [1.29, 1.82) is 0 Å². The van der Waals surface area contributed by atoms with Crippen LogP contribution in [0.2, 0.25) is 0 Å². The molecule has 1 aliphatic heterocycles. The van der Waals surface area contributed by atoms with E-state index in [0.29, 0.717) is 18.4 Å². The molecule has 1 saturated carbocycles. The lowest BCUT2D eigenvalue weighted by molar-refractivity contribution is -0.139. The van der Waals surface area contributed by atoms with Gasteiger partial charge in [0, 0.05) is 12.5 Å². The zero-order valence-corrected chi connectivity index (χ0v) is 14.7. The van der Waals surface area contributed by atoms with Crippen molar-refractivity contribution in [2.24, 2.45) is 17.6 Å². The van der Waals surface area contributed by atoms with Crippen LogP contribution < -0.4 is 10.5 Å². The van der Waals surface area contributed by atoms with Gasteiger partial charge in [0.25, 0.3) is 0 Å². The third-order valence-electron chi connectivity index (χ3n) is 5.82. The fraction of sp³-hybridized carbons (Fsp3) is 0.650. The fourth-order valence-electron chi connectivity index (χ4n) is 4.40. The van der Waals surface area contributed by atoms with E-state index in [2.05, 4.69) is 17.0 Å². The Bertz CT molecular complexity index is 543. The van der Waals surface area contributed by atoms with E-state index < -0.39 is 0 Å². The first-order valence-electron chi connectivity index (χ1n) is 9.39. The van der Waals surface area contributed by atoms with Crippen LogP contribution >= 0.6 is 0 Å². The lowest BCUT2D eigenvalue weighted by Gasteiger charge is -2.34. The van der Waals surface area contributed by atoms with E-state index in [1.165, 1.54) is 18.4 Å². The van der Waals surface area contributed by atoms with Crippen molar-refractivity contribution in [1.82, 2.24) is 4.90 Å². The monoisotopic (exact) mass is 330 g/mol. The van der Waals surface area contributed by atoms with Crippen LogP contribution in [0.4, 0.5) is 0 Å². The van der Waals surface area contributed by atoms with Gasteiger partial charge in [-0.3, -0.25) is 4.79 Å². The average Bonchev–Trinajstić information content (AvgIpc) is 2.97. The summed E-state index contributed by atoms with van der Waals surface area (Å²) in [5.74, 6) is 1.71. The summed E-state index contributed by atoms with van der Waals surface area (Å²) in [6.07, 6.45) is 7.81. The predicted molar refractivity (Wildman–Crippen MR) is 95.8 cm³/mol. The zero-order chi connectivity index (χ0) is 16.9. The van der Waals surface area contributed by atoms with E-state index in [1.54, 1.807) is 7.11 Å². The third kappa shape index (κ3) is 3.59. The van der Waals surface area contributed by atoms with E-state index in [9.17, 15) is 4.79 Å². The highest BCUT2D eigenvalue weighted by molar-refractivity contribution is 5.80. The number of methoxy groups -OCH3 is 1. The van der Waals surface area contributed by atoms with Gasteiger partial charge in [0.05, 0.1) is 13.2 Å². The number of carbonyl (C=O) groups is 1.